The van der Waals surface area contributed by atoms with E-state index in [9.17, 15) is 4.79 Å². The SMILES string of the molecule is CC(=O)OC1CC[C@]2(C)[C@@H](CCC3C4CCC([C@H](C)CC[C@H](C)C(C)C)C4(C)CC[C@@H]32)C1. The summed E-state index contributed by atoms with van der Waals surface area (Å²) in [5.74, 6) is 6.99. The highest BCUT2D eigenvalue weighted by atomic mass is 16.5. The van der Waals surface area contributed by atoms with Gasteiger partial charge in [0, 0.05) is 6.92 Å². The molecule has 32 heavy (non-hydrogen) atoms. The Kier molecular flexibility index (Phi) is 7.11. The molecule has 184 valence electrons. The molecule has 4 fully saturated rings. The van der Waals surface area contributed by atoms with Gasteiger partial charge in [0.1, 0.15) is 6.10 Å². The van der Waals surface area contributed by atoms with Crippen LogP contribution in [-0.4, -0.2) is 12.1 Å². The summed E-state index contributed by atoms with van der Waals surface area (Å²) >= 11 is 0. The van der Waals surface area contributed by atoms with Crippen LogP contribution < -0.4 is 0 Å². The second kappa shape index (κ2) is 9.26. The fraction of sp³-hybridized carbons (Fsp3) is 0.967. The second-order valence-corrected chi connectivity index (χ2v) is 13.7. The summed E-state index contributed by atoms with van der Waals surface area (Å²) in [4.78, 5) is 11.5. The molecule has 10 atom stereocenters. The van der Waals surface area contributed by atoms with Crippen molar-refractivity contribution in [2.45, 2.75) is 125 Å². The molecule has 0 spiro atoms. The van der Waals surface area contributed by atoms with E-state index in [-0.39, 0.29) is 12.1 Å². The summed E-state index contributed by atoms with van der Waals surface area (Å²) in [7, 11) is 0. The highest BCUT2D eigenvalue weighted by molar-refractivity contribution is 5.66. The summed E-state index contributed by atoms with van der Waals surface area (Å²) in [6, 6.07) is 0. The van der Waals surface area contributed by atoms with Crippen LogP contribution in [0.5, 0.6) is 0 Å². The number of fused-ring (bicyclic) bond motifs is 5. The van der Waals surface area contributed by atoms with Crippen molar-refractivity contribution >= 4 is 5.97 Å². The minimum atomic E-state index is -0.0883. The van der Waals surface area contributed by atoms with Crippen molar-refractivity contribution in [3.05, 3.63) is 0 Å². The third-order valence-electron chi connectivity index (χ3n) is 11.9. The van der Waals surface area contributed by atoms with Gasteiger partial charge in [-0.2, -0.15) is 0 Å². The molecule has 5 unspecified atom stereocenters. The highest BCUT2D eigenvalue weighted by Gasteiger charge is 2.60. The first-order valence-corrected chi connectivity index (χ1v) is 14.2. The van der Waals surface area contributed by atoms with Crippen LogP contribution in [0.1, 0.15) is 119 Å². The number of rotatable bonds is 6. The maximum Gasteiger partial charge on any atom is 0.302 e. The normalized spacial score (nSPS) is 45.5. The topological polar surface area (TPSA) is 26.3 Å². The van der Waals surface area contributed by atoms with E-state index >= 15 is 0 Å². The van der Waals surface area contributed by atoms with E-state index in [2.05, 4.69) is 41.5 Å². The van der Waals surface area contributed by atoms with Gasteiger partial charge in [-0.15, -0.1) is 0 Å². The lowest BCUT2D eigenvalue weighted by atomic mass is 9.44. The van der Waals surface area contributed by atoms with Crippen LogP contribution in [0.25, 0.3) is 0 Å². The molecule has 2 heteroatoms. The molecular formula is C30H52O2. The van der Waals surface area contributed by atoms with Crippen LogP contribution in [0.15, 0.2) is 0 Å². The Balaban J connectivity index is 1.43. The van der Waals surface area contributed by atoms with Gasteiger partial charge < -0.3 is 4.74 Å². The first-order valence-electron chi connectivity index (χ1n) is 14.2. The number of ether oxygens (including phenoxy) is 1. The first-order chi connectivity index (χ1) is 15.1. The van der Waals surface area contributed by atoms with Crippen molar-refractivity contribution in [3.63, 3.8) is 0 Å². The Morgan fingerprint density at radius 2 is 1.56 bits per heavy atom. The van der Waals surface area contributed by atoms with Gasteiger partial charge in [-0.25, -0.2) is 0 Å². The molecule has 0 saturated heterocycles. The lowest BCUT2D eigenvalue weighted by molar-refractivity contribution is -0.160. The number of hydrogen-bond donors (Lipinski definition) is 0. The van der Waals surface area contributed by atoms with E-state index in [4.69, 9.17) is 4.74 Å². The van der Waals surface area contributed by atoms with Crippen molar-refractivity contribution in [2.24, 2.45) is 58.2 Å². The Labute approximate surface area is 199 Å². The van der Waals surface area contributed by atoms with Crippen molar-refractivity contribution in [2.75, 3.05) is 0 Å². The summed E-state index contributed by atoms with van der Waals surface area (Å²) < 4.78 is 5.66. The van der Waals surface area contributed by atoms with Crippen molar-refractivity contribution in [1.29, 1.82) is 0 Å². The molecule has 0 radical (unpaired) electrons. The minimum Gasteiger partial charge on any atom is -0.463 e. The minimum absolute atomic E-state index is 0.0883. The van der Waals surface area contributed by atoms with Crippen LogP contribution in [-0.2, 0) is 9.53 Å². The molecule has 0 N–H and O–H groups in total. The Bertz CT molecular complexity index is 670. The smallest absolute Gasteiger partial charge is 0.302 e. The average molecular weight is 445 g/mol. The number of carbonyl (C=O) groups is 1. The van der Waals surface area contributed by atoms with Crippen molar-refractivity contribution in [1.82, 2.24) is 0 Å². The molecule has 0 aliphatic heterocycles. The summed E-state index contributed by atoms with van der Waals surface area (Å²) in [5.41, 5.74) is 1.07. The van der Waals surface area contributed by atoms with Gasteiger partial charge in [0.15, 0.2) is 0 Å². The van der Waals surface area contributed by atoms with E-state index in [1.165, 1.54) is 57.8 Å². The molecule has 0 heterocycles. The molecule has 0 bridgehead atoms. The molecule has 4 rings (SSSR count). The van der Waals surface area contributed by atoms with Crippen molar-refractivity contribution in [3.8, 4) is 0 Å². The third-order valence-corrected chi connectivity index (χ3v) is 11.9. The van der Waals surface area contributed by atoms with Gasteiger partial charge in [0.2, 0.25) is 0 Å². The molecule has 0 aromatic carbocycles. The number of carbonyl (C=O) groups excluding carboxylic acids is 1. The zero-order valence-electron chi connectivity index (χ0n) is 22.3. The first kappa shape index (κ1) is 24.6. The summed E-state index contributed by atoms with van der Waals surface area (Å²) in [6.07, 6.45) is 15.2. The van der Waals surface area contributed by atoms with Crippen LogP contribution in [0.3, 0.4) is 0 Å². The predicted molar refractivity (Wildman–Crippen MR) is 133 cm³/mol. The molecular weight excluding hydrogens is 392 g/mol. The average Bonchev–Trinajstić information content (AvgIpc) is 3.08. The molecule has 2 nitrogen and oxygen atoms in total. The van der Waals surface area contributed by atoms with Gasteiger partial charge >= 0.3 is 5.97 Å². The number of hydrogen-bond acceptors (Lipinski definition) is 2. The van der Waals surface area contributed by atoms with Gasteiger partial charge in [-0.3, -0.25) is 4.79 Å². The van der Waals surface area contributed by atoms with E-state index in [0.29, 0.717) is 10.8 Å². The maximum atomic E-state index is 11.5. The Hall–Kier alpha value is -0.530. The zero-order chi connectivity index (χ0) is 23.3. The monoisotopic (exact) mass is 444 g/mol. The van der Waals surface area contributed by atoms with Gasteiger partial charge in [-0.05, 0) is 116 Å². The molecule has 0 aromatic heterocycles. The maximum absolute atomic E-state index is 11.5. The summed E-state index contributed by atoms with van der Waals surface area (Å²) in [5, 5.41) is 0. The van der Waals surface area contributed by atoms with Crippen LogP contribution in [0, 0.1) is 58.2 Å². The lowest BCUT2D eigenvalue weighted by Gasteiger charge is -2.61. The Morgan fingerprint density at radius 1 is 0.875 bits per heavy atom. The standard InChI is InChI=1S/C30H52O2/c1-19(2)20(3)8-9-21(4)26-12-13-27-25-11-10-23-18-24(32-22(5)31)14-16-29(23,6)28(25)15-17-30(26,27)7/h19-21,23-28H,8-18H2,1-7H3/t20-,21+,23-,24?,25?,26?,27?,28-,29+,30?/m0/s1. The van der Waals surface area contributed by atoms with E-state index in [1.54, 1.807) is 6.92 Å². The lowest BCUT2D eigenvalue weighted by Crippen LogP contribution is -2.54. The van der Waals surface area contributed by atoms with Crippen LogP contribution in [0.4, 0.5) is 0 Å². The predicted octanol–water partition coefficient (Wildman–Crippen LogP) is 8.29. The van der Waals surface area contributed by atoms with Gasteiger partial charge in [0.25, 0.3) is 0 Å². The zero-order valence-corrected chi connectivity index (χ0v) is 22.3. The van der Waals surface area contributed by atoms with E-state index < -0.39 is 0 Å². The van der Waals surface area contributed by atoms with E-state index in [0.717, 1.165) is 60.2 Å². The fourth-order valence-electron chi connectivity index (χ4n) is 9.60. The molecule has 4 aliphatic carbocycles. The quantitative estimate of drug-likeness (QED) is 0.385. The second-order valence-electron chi connectivity index (χ2n) is 13.7. The van der Waals surface area contributed by atoms with Crippen LogP contribution in [0.2, 0.25) is 0 Å². The highest BCUT2D eigenvalue weighted by Crippen LogP contribution is 2.68. The fourth-order valence-corrected chi connectivity index (χ4v) is 9.60. The van der Waals surface area contributed by atoms with Crippen molar-refractivity contribution < 1.29 is 9.53 Å². The summed E-state index contributed by atoms with van der Waals surface area (Å²) in [6.45, 7) is 16.7. The number of esters is 1. The van der Waals surface area contributed by atoms with Gasteiger partial charge in [0.05, 0.1) is 0 Å². The molecule has 0 amide bonds. The van der Waals surface area contributed by atoms with Gasteiger partial charge in [-0.1, -0.05) is 54.4 Å². The molecule has 0 aromatic rings. The Morgan fingerprint density at radius 3 is 2.25 bits per heavy atom. The molecule has 4 aliphatic rings. The third kappa shape index (κ3) is 4.31. The largest absolute Gasteiger partial charge is 0.463 e. The molecule has 4 saturated carbocycles. The van der Waals surface area contributed by atoms with E-state index in [1.807, 2.05) is 0 Å². The van der Waals surface area contributed by atoms with Crippen LogP contribution >= 0.6 is 0 Å².